The molecule has 2 aliphatic rings. The van der Waals surface area contributed by atoms with Crippen molar-refractivity contribution in [3.63, 3.8) is 0 Å². The summed E-state index contributed by atoms with van der Waals surface area (Å²) in [5.41, 5.74) is 0.700. The third-order valence-electron chi connectivity index (χ3n) is 3.25. The van der Waals surface area contributed by atoms with Gasteiger partial charge >= 0.3 is 0 Å². The SMILES string of the molecule is CC1COCCN1C1=NS(=O)(=O)c2ccccc21. The van der Waals surface area contributed by atoms with Crippen LogP contribution in [0.5, 0.6) is 0 Å². The van der Waals surface area contributed by atoms with Gasteiger partial charge in [0.1, 0.15) is 4.90 Å². The number of hydrogen-bond acceptors (Lipinski definition) is 4. The second-order valence-corrected chi connectivity index (χ2v) is 6.08. The van der Waals surface area contributed by atoms with E-state index >= 15 is 0 Å². The normalized spacial score (nSPS) is 25.7. The molecular formula is C12H14N2O3S. The van der Waals surface area contributed by atoms with Gasteiger partial charge in [0.2, 0.25) is 0 Å². The highest BCUT2D eigenvalue weighted by atomic mass is 32.2. The second kappa shape index (κ2) is 4.07. The average Bonchev–Trinajstić information content (AvgIpc) is 2.63. The van der Waals surface area contributed by atoms with Crippen molar-refractivity contribution in [3.8, 4) is 0 Å². The molecule has 0 aromatic heterocycles. The summed E-state index contributed by atoms with van der Waals surface area (Å²) in [5.74, 6) is 0.557. The Morgan fingerprint density at radius 3 is 2.94 bits per heavy atom. The summed E-state index contributed by atoms with van der Waals surface area (Å²) < 4.78 is 33.2. The van der Waals surface area contributed by atoms with Gasteiger partial charge in [-0.15, -0.1) is 4.40 Å². The lowest BCUT2D eigenvalue weighted by Crippen LogP contribution is -2.47. The fourth-order valence-corrected chi connectivity index (χ4v) is 3.55. The average molecular weight is 266 g/mol. The molecule has 0 amide bonds. The van der Waals surface area contributed by atoms with Crippen molar-refractivity contribution in [2.45, 2.75) is 17.9 Å². The van der Waals surface area contributed by atoms with E-state index in [9.17, 15) is 8.42 Å². The molecule has 96 valence electrons. The Morgan fingerprint density at radius 2 is 2.17 bits per heavy atom. The molecule has 1 saturated heterocycles. The van der Waals surface area contributed by atoms with Gasteiger partial charge in [-0.3, -0.25) is 0 Å². The van der Waals surface area contributed by atoms with Crippen LogP contribution in [0.15, 0.2) is 33.6 Å². The lowest BCUT2D eigenvalue weighted by atomic mass is 10.1. The molecule has 0 spiro atoms. The van der Waals surface area contributed by atoms with Gasteiger partial charge in [0.15, 0.2) is 5.84 Å². The van der Waals surface area contributed by atoms with E-state index in [2.05, 4.69) is 4.40 Å². The molecule has 1 atom stereocenters. The Hall–Kier alpha value is -1.40. The van der Waals surface area contributed by atoms with Crippen molar-refractivity contribution in [1.82, 2.24) is 4.90 Å². The van der Waals surface area contributed by atoms with E-state index < -0.39 is 10.0 Å². The highest BCUT2D eigenvalue weighted by Gasteiger charge is 2.34. The van der Waals surface area contributed by atoms with Gasteiger partial charge in [-0.2, -0.15) is 8.42 Å². The topological polar surface area (TPSA) is 59.0 Å². The molecule has 0 aliphatic carbocycles. The molecule has 2 heterocycles. The number of sulfonamides is 1. The molecule has 1 aromatic rings. The maximum absolute atomic E-state index is 12.0. The molecule has 1 aromatic carbocycles. The van der Waals surface area contributed by atoms with Gasteiger partial charge in [-0.1, -0.05) is 12.1 Å². The molecule has 0 radical (unpaired) electrons. The summed E-state index contributed by atoms with van der Waals surface area (Å²) in [4.78, 5) is 2.31. The van der Waals surface area contributed by atoms with Gasteiger partial charge in [0.05, 0.1) is 19.3 Å². The number of morpholine rings is 1. The van der Waals surface area contributed by atoms with Crippen LogP contribution in [0.1, 0.15) is 12.5 Å². The molecule has 0 saturated carbocycles. The lowest BCUT2D eigenvalue weighted by Gasteiger charge is -2.34. The highest BCUT2D eigenvalue weighted by molar-refractivity contribution is 7.90. The molecule has 1 unspecified atom stereocenters. The van der Waals surface area contributed by atoms with Crippen LogP contribution in [0.2, 0.25) is 0 Å². The van der Waals surface area contributed by atoms with Crippen LogP contribution < -0.4 is 0 Å². The minimum Gasteiger partial charge on any atom is -0.377 e. The number of fused-ring (bicyclic) bond motifs is 1. The summed E-state index contributed by atoms with van der Waals surface area (Å²) in [7, 11) is -3.52. The van der Waals surface area contributed by atoms with Crippen molar-refractivity contribution in [3.05, 3.63) is 29.8 Å². The van der Waals surface area contributed by atoms with Crippen LogP contribution in [0, 0.1) is 0 Å². The van der Waals surface area contributed by atoms with E-state index in [1.54, 1.807) is 18.2 Å². The first kappa shape index (κ1) is 11.7. The van der Waals surface area contributed by atoms with Crippen LogP contribution in [-0.4, -0.2) is 45.0 Å². The molecule has 0 bridgehead atoms. The zero-order chi connectivity index (χ0) is 12.8. The largest absolute Gasteiger partial charge is 0.377 e. The van der Waals surface area contributed by atoms with Crippen LogP contribution in [0.4, 0.5) is 0 Å². The minimum atomic E-state index is -3.52. The van der Waals surface area contributed by atoms with Crippen molar-refractivity contribution >= 4 is 15.9 Å². The van der Waals surface area contributed by atoms with E-state index in [1.807, 2.05) is 17.9 Å². The van der Waals surface area contributed by atoms with E-state index in [1.165, 1.54) is 0 Å². The molecule has 5 nitrogen and oxygen atoms in total. The zero-order valence-corrected chi connectivity index (χ0v) is 10.9. The first-order valence-corrected chi connectivity index (χ1v) is 7.32. The molecule has 3 rings (SSSR count). The molecule has 1 fully saturated rings. The third-order valence-corrected chi connectivity index (χ3v) is 4.58. The van der Waals surface area contributed by atoms with Crippen molar-refractivity contribution in [2.75, 3.05) is 19.8 Å². The van der Waals surface area contributed by atoms with E-state index in [4.69, 9.17) is 4.74 Å². The Kier molecular flexibility index (Phi) is 2.64. The highest BCUT2D eigenvalue weighted by Crippen LogP contribution is 2.28. The summed E-state index contributed by atoms with van der Waals surface area (Å²) in [6.45, 7) is 3.88. The predicted octanol–water partition coefficient (Wildman–Crippen LogP) is 0.856. The van der Waals surface area contributed by atoms with Crippen LogP contribution in [-0.2, 0) is 14.8 Å². The lowest BCUT2D eigenvalue weighted by molar-refractivity contribution is 0.0336. The Morgan fingerprint density at radius 1 is 1.39 bits per heavy atom. The smallest absolute Gasteiger partial charge is 0.285 e. The standard InChI is InChI=1S/C12H14N2O3S/c1-9-8-17-7-6-14(9)12-10-4-2-3-5-11(10)18(15,16)13-12/h2-5,9H,6-8H2,1H3. The van der Waals surface area contributed by atoms with E-state index in [0.29, 0.717) is 36.1 Å². The first-order chi connectivity index (χ1) is 8.59. The Labute approximate surface area is 106 Å². The monoisotopic (exact) mass is 266 g/mol. The maximum atomic E-state index is 12.0. The van der Waals surface area contributed by atoms with Crippen LogP contribution >= 0.6 is 0 Å². The van der Waals surface area contributed by atoms with E-state index in [-0.39, 0.29) is 6.04 Å². The van der Waals surface area contributed by atoms with Crippen molar-refractivity contribution in [1.29, 1.82) is 0 Å². The van der Waals surface area contributed by atoms with Crippen LogP contribution in [0.3, 0.4) is 0 Å². The van der Waals surface area contributed by atoms with Crippen molar-refractivity contribution < 1.29 is 13.2 Å². The maximum Gasteiger partial charge on any atom is 0.285 e. The number of benzene rings is 1. The van der Waals surface area contributed by atoms with Gasteiger partial charge in [0, 0.05) is 12.1 Å². The fraction of sp³-hybridized carbons (Fsp3) is 0.417. The second-order valence-electron chi connectivity index (χ2n) is 4.50. The number of hydrogen-bond donors (Lipinski definition) is 0. The molecular weight excluding hydrogens is 252 g/mol. The third kappa shape index (κ3) is 1.72. The van der Waals surface area contributed by atoms with Gasteiger partial charge < -0.3 is 9.64 Å². The summed E-state index contributed by atoms with van der Waals surface area (Å²) in [5, 5.41) is 0. The quantitative estimate of drug-likeness (QED) is 0.698. The molecule has 0 N–H and O–H groups in total. The first-order valence-electron chi connectivity index (χ1n) is 5.88. The van der Waals surface area contributed by atoms with Crippen molar-refractivity contribution in [2.24, 2.45) is 4.40 Å². The Balaban J connectivity index is 2.09. The zero-order valence-electron chi connectivity index (χ0n) is 10.0. The summed E-state index contributed by atoms with van der Waals surface area (Å²) in [6, 6.07) is 7.10. The number of ether oxygens (including phenoxy) is 1. The van der Waals surface area contributed by atoms with Gasteiger partial charge in [-0.25, -0.2) is 0 Å². The van der Waals surface area contributed by atoms with Crippen LogP contribution in [0.25, 0.3) is 0 Å². The summed E-state index contributed by atoms with van der Waals surface area (Å²) in [6.07, 6.45) is 0. The number of rotatable bonds is 0. The summed E-state index contributed by atoms with van der Waals surface area (Å²) >= 11 is 0. The van der Waals surface area contributed by atoms with Gasteiger partial charge in [-0.05, 0) is 19.1 Å². The molecule has 2 aliphatic heterocycles. The number of nitrogens with zero attached hydrogens (tertiary/aromatic N) is 2. The molecule has 18 heavy (non-hydrogen) atoms. The fourth-order valence-electron chi connectivity index (χ4n) is 2.34. The van der Waals surface area contributed by atoms with Gasteiger partial charge in [0.25, 0.3) is 10.0 Å². The Bertz CT molecular complexity index is 610. The predicted molar refractivity (Wildman–Crippen MR) is 67.2 cm³/mol. The van der Waals surface area contributed by atoms with E-state index in [0.717, 1.165) is 0 Å². The molecule has 6 heteroatoms. The minimum absolute atomic E-state index is 0.138. The number of amidine groups is 1.